The van der Waals surface area contributed by atoms with Gasteiger partial charge >= 0.3 is 0 Å². The molecule has 0 aliphatic carbocycles. The number of rotatable bonds is 4. The molecule has 0 aliphatic heterocycles. The number of para-hydroxylation sites is 1. The summed E-state index contributed by atoms with van der Waals surface area (Å²) in [7, 11) is 0. The van der Waals surface area contributed by atoms with Crippen molar-refractivity contribution in [3.63, 3.8) is 0 Å². The Morgan fingerprint density at radius 3 is 2.34 bits per heavy atom. The summed E-state index contributed by atoms with van der Waals surface area (Å²) in [6.07, 6.45) is 1.54. The number of nitriles is 1. The van der Waals surface area contributed by atoms with Crippen molar-refractivity contribution in [3.05, 3.63) is 88.0 Å². The topological polar surface area (TPSA) is 57.8 Å². The molecule has 0 radical (unpaired) electrons. The largest absolute Gasteiger partial charge is 0.319 e. The molecular formula is C24H22FN3O. The van der Waals surface area contributed by atoms with Crippen LogP contribution < -0.4 is 5.32 Å². The van der Waals surface area contributed by atoms with Crippen molar-refractivity contribution < 1.29 is 9.18 Å². The highest BCUT2D eigenvalue weighted by molar-refractivity contribution is 6.09. The van der Waals surface area contributed by atoms with Gasteiger partial charge in [0.25, 0.3) is 5.91 Å². The van der Waals surface area contributed by atoms with Crippen LogP contribution in [0.3, 0.4) is 0 Å². The number of carbonyl (C=O) groups excluding carboxylic acids is 1. The molecule has 0 saturated heterocycles. The van der Waals surface area contributed by atoms with Gasteiger partial charge < -0.3 is 9.88 Å². The van der Waals surface area contributed by atoms with Gasteiger partial charge in [0, 0.05) is 17.1 Å². The summed E-state index contributed by atoms with van der Waals surface area (Å²) < 4.78 is 15.9. The number of hydrogen-bond acceptors (Lipinski definition) is 2. The van der Waals surface area contributed by atoms with Crippen LogP contribution in [0.4, 0.5) is 10.1 Å². The maximum absolute atomic E-state index is 13.8. The molecule has 29 heavy (non-hydrogen) atoms. The van der Waals surface area contributed by atoms with E-state index >= 15 is 0 Å². The van der Waals surface area contributed by atoms with Crippen molar-refractivity contribution in [3.8, 4) is 11.8 Å². The molecule has 146 valence electrons. The summed E-state index contributed by atoms with van der Waals surface area (Å²) in [6.45, 7) is 8.02. The summed E-state index contributed by atoms with van der Waals surface area (Å²) in [5.74, 6) is -1.19. The number of aryl methyl sites for hydroxylation is 3. The van der Waals surface area contributed by atoms with Crippen molar-refractivity contribution in [2.75, 3.05) is 5.32 Å². The first-order valence-electron chi connectivity index (χ1n) is 9.25. The molecule has 2 aromatic carbocycles. The van der Waals surface area contributed by atoms with Gasteiger partial charge in [0.05, 0.1) is 5.69 Å². The summed E-state index contributed by atoms with van der Waals surface area (Å²) >= 11 is 0. The quantitative estimate of drug-likeness (QED) is 0.482. The van der Waals surface area contributed by atoms with Crippen LogP contribution in [0.25, 0.3) is 11.8 Å². The molecule has 5 heteroatoms. The molecule has 1 aromatic heterocycles. The lowest BCUT2D eigenvalue weighted by molar-refractivity contribution is -0.112. The van der Waals surface area contributed by atoms with E-state index < -0.39 is 11.7 Å². The van der Waals surface area contributed by atoms with Gasteiger partial charge in [-0.15, -0.1) is 0 Å². The standard InChI is InChI=1S/C24H22FN3O/c1-15-9-16(2)11-21(10-15)28-17(3)12-19(18(28)4)13-20(14-26)24(29)27-23-8-6-5-7-22(23)25/h5-13H,1-4H3,(H,27,29)/b20-13-. The number of amides is 1. The second kappa shape index (κ2) is 8.15. The number of benzene rings is 2. The van der Waals surface area contributed by atoms with Crippen LogP contribution in [0.15, 0.2) is 54.1 Å². The van der Waals surface area contributed by atoms with Crippen molar-refractivity contribution >= 4 is 17.7 Å². The molecule has 0 fully saturated rings. The Labute approximate surface area is 169 Å². The van der Waals surface area contributed by atoms with Gasteiger partial charge in [-0.05, 0) is 80.8 Å². The van der Waals surface area contributed by atoms with Crippen LogP contribution in [0, 0.1) is 44.8 Å². The van der Waals surface area contributed by atoms with Crippen LogP contribution in [-0.2, 0) is 4.79 Å². The molecule has 4 nitrogen and oxygen atoms in total. The van der Waals surface area contributed by atoms with E-state index in [9.17, 15) is 14.4 Å². The zero-order valence-electron chi connectivity index (χ0n) is 16.9. The average molecular weight is 387 g/mol. The van der Waals surface area contributed by atoms with E-state index in [-0.39, 0.29) is 11.3 Å². The summed E-state index contributed by atoms with van der Waals surface area (Å²) in [6, 6.07) is 16.0. The molecule has 0 spiro atoms. The zero-order chi connectivity index (χ0) is 21.1. The molecular weight excluding hydrogens is 365 g/mol. The van der Waals surface area contributed by atoms with Crippen molar-refractivity contribution in [2.24, 2.45) is 0 Å². The normalized spacial score (nSPS) is 11.2. The third-order valence-electron chi connectivity index (χ3n) is 4.72. The lowest BCUT2D eigenvalue weighted by Crippen LogP contribution is -2.14. The zero-order valence-corrected chi connectivity index (χ0v) is 16.9. The number of nitrogens with zero attached hydrogens (tertiary/aromatic N) is 2. The minimum Gasteiger partial charge on any atom is -0.319 e. The predicted molar refractivity (Wildman–Crippen MR) is 113 cm³/mol. The van der Waals surface area contributed by atoms with Crippen LogP contribution in [0.5, 0.6) is 0 Å². The first-order valence-corrected chi connectivity index (χ1v) is 9.25. The first-order chi connectivity index (χ1) is 13.8. The van der Waals surface area contributed by atoms with E-state index in [1.165, 1.54) is 24.3 Å². The van der Waals surface area contributed by atoms with Gasteiger partial charge in [0.1, 0.15) is 17.5 Å². The van der Waals surface area contributed by atoms with Gasteiger partial charge in [-0.2, -0.15) is 5.26 Å². The molecule has 0 aliphatic rings. The minimum atomic E-state index is -0.645. The van der Waals surface area contributed by atoms with E-state index in [1.807, 2.05) is 39.8 Å². The monoisotopic (exact) mass is 387 g/mol. The number of anilines is 1. The minimum absolute atomic E-state index is 0.0411. The highest BCUT2D eigenvalue weighted by Gasteiger charge is 2.15. The number of hydrogen-bond donors (Lipinski definition) is 1. The van der Waals surface area contributed by atoms with Crippen molar-refractivity contribution in [1.29, 1.82) is 5.26 Å². The highest BCUT2D eigenvalue weighted by atomic mass is 19.1. The third kappa shape index (κ3) is 4.27. The van der Waals surface area contributed by atoms with Gasteiger partial charge in [0.15, 0.2) is 0 Å². The molecule has 1 heterocycles. The lowest BCUT2D eigenvalue weighted by Gasteiger charge is -2.12. The molecule has 1 amide bonds. The van der Waals surface area contributed by atoms with Crippen LogP contribution in [0.1, 0.15) is 28.1 Å². The van der Waals surface area contributed by atoms with E-state index in [2.05, 4.69) is 28.1 Å². The predicted octanol–water partition coefficient (Wildman–Crippen LogP) is 5.40. The van der Waals surface area contributed by atoms with Gasteiger partial charge in [-0.3, -0.25) is 4.79 Å². The van der Waals surface area contributed by atoms with E-state index in [0.29, 0.717) is 0 Å². The Bertz CT molecular complexity index is 1150. The second-order valence-corrected chi connectivity index (χ2v) is 7.11. The Morgan fingerprint density at radius 1 is 1.07 bits per heavy atom. The highest BCUT2D eigenvalue weighted by Crippen LogP contribution is 2.24. The fraction of sp³-hybridized carbons (Fsp3) is 0.167. The van der Waals surface area contributed by atoms with Crippen molar-refractivity contribution in [2.45, 2.75) is 27.7 Å². The summed E-state index contributed by atoms with van der Waals surface area (Å²) in [5, 5.41) is 11.9. The molecule has 0 atom stereocenters. The molecule has 0 unspecified atom stereocenters. The Morgan fingerprint density at radius 2 is 1.72 bits per heavy atom. The van der Waals surface area contributed by atoms with E-state index in [0.717, 1.165) is 33.8 Å². The number of carbonyl (C=O) groups is 1. The average Bonchev–Trinajstić information content (AvgIpc) is 2.94. The van der Waals surface area contributed by atoms with E-state index in [1.54, 1.807) is 6.07 Å². The Kier molecular flexibility index (Phi) is 5.65. The van der Waals surface area contributed by atoms with Crippen LogP contribution in [-0.4, -0.2) is 10.5 Å². The first kappa shape index (κ1) is 20.1. The smallest absolute Gasteiger partial charge is 0.266 e. The lowest BCUT2D eigenvalue weighted by atomic mass is 10.1. The number of aromatic nitrogens is 1. The van der Waals surface area contributed by atoms with Gasteiger partial charge in [-0.25, -0.2) is 4.39 Å². The van der Waals surface area contributed by atoms with Crippen molar-refractivity contribution in [1.82, 2.24) is 4.57 Å². The third-order valence-corrected chi connectivity index (χ3v) is 4.72. The maximum atomic E-state index is 13.8. The Hall–Kier alpha value is -3.65. The van der Waals surface area contributed by atoms with Gasteiger partial charge in [-0.1, -0.05) is 18.2 Å². The molecule has 0 bridgehead atoms. The SMILES string of the molecule is Cc1cc(C)cc(-n2c(C)cc(/C=C(/C#N)C(=O)Nc3ccccc3F)c2C)c1. The van der Waals surface area contributed by atoms with Crippen LogP contribution >= 0.6 is 0 Å². The molecule has 0 saturated carbocycles. The number of nitrogens with one attached hydrogen (secondary N) is 1. The molecule has 3 aromatic rings. The fourth-order valence-corrected chi connectivity index (χ4v) is 3.47. The summed E-state index contributed by atoms with van der Waals surface area (Å²) in [4.78, 5) is 12.5. The van der Waals surface area contributed by atoms with Crippen LogP contribution in [0.2, 0.25) is 0 Å². The summed E-state index contributed by atoms with van der Waals surface area (Å²) in [5.41, 5.74) is 5.98. The molecule has 3 rings (SSSR count). The van der Waals surface area contributed by atoms with E-state index in [4.69, 9.17) is 0 Å². The second-order valence-electron chi connectivity index (χ2n) is 7.11. The fourth-order valence-electron chi connectivity index (χ4n) is 3.47. The Balaban J connectivity index is 1.98. The maximum Gasteiger partial charge on any atom is 0.266 e. The van der Waals surface area contributed by atoms with Gasteiger partial charge in [0.2, 0.25) is 0 Å². The molecule has 1 N–H and O–H groups in total. The number of halogens is 1.